The van der Waals surface area contributed by atoms with Gasteiger partial charge in [0.1, 0.15) is 0 Å². The number of aryl methyl sites for hydroxylation is 2. The summed E-state index contributed by atoms with van der Waals surface area (Å²) in [6, 6.07) is 51.8. The Labute approximate surface area is 458 Å². The van der Waals surface area contributed by atoms with E-state index in [1.807, 2.05) is 6.07 Å². The van der Waals surface area contributed by atoms with E-state index in [2.05, 4.69) is 238 Å². The van der Waals surface area contributed by atoms with E-state index < -0.39 is 20.8 Å². The second-order valence-electron chi connectivity index (χ2n) is 23.3. The largest absolute Gasteiger partial charge is 0.184 e. The fraction of sp³-hybridized carbons (Fsp3) is 0.382. The summed E-state index contributed by atoms with van der Waals surface area (Å²) in [5.41, 5.74) is 20.2. The van der Waals surface area contributed by atoms with Gasteiger partial charge >= 0.3 is 37.9 Å². The minimum atomic E-state index is -0.826. The van der Waals surface area contributed by atoms with Gasteiger partial charge in [-0.2, -0.15) is 41.6 Å². The number of benzene rings is 6. The minimum absolute atomic E-state index is 0.109. The van der Waals surface area contributed by atoms with Gasteiger partial charge in [-0.1, -0.05) is 217 Å². The minimum Gasteiger partial charge on any atom is -0.184 e. The molecule has 9 rings (SSSR count). The third kappa shape index (κ3) is 13.9. The second kappa shape index (κ2) is 25.2. The van der Waals surface area contributed by atoms with Crippen molar-refractivity contribution < 1.29 is 20.8 Å². The molecular formula is C68H81Cl2SiZr-3. The Hall–Kier alpha value is -3.78. The Bertz CT molecular complexity index is 2790. The molecule has 0 atom stereocenters. The van der Waals surface area contributed by atoms with Crippen LogP contribution in [-0.4, -0.2) is 9.52 Å². The van der Waals surface area contributed by atoms with Crippen LogP contribution >= 0.6 is 17.0 Å². The molecule has 8 aromatic rings. The van der Waals surface area contributed by atoms with E-state index in [0.29, 0.717) is 23.7 Å². The van der Waals surface area contributed by atoms with Crippen molar-refractivity contribution in [3.05, 3.63) is 178 Å². The summed E-state index contributed by atoms with van der Waals surface area (Å²) in [7, 11) is 10.7. The predicted molar refractivity (Wildman–Crippen MR) is 319 cm³/mol. The summed E-state index contributed by atoms with van der Waals surface area (Å²) in [4.78, 5) is 0. The van der Waals surface area contributed by atoms with E-state index >= 15 is 0 Å². The molecule has 0 fully saturated rings. The van der Waals surface area contributed by atoms with E-state index in [0.717, 1.165) is 22.4 Å². The summed E-state index contributed by atoms with van der Waals surface area (Å²) < 4.78 is 0. The molecular weight excluding hydrogens is 1010 g/mol. The molecule has 8 aromatic carbocycles. The maximum atomic E-state index is 4.93. The van der Waals surface area contributed by atoms with E-state index in [9.17, 15) is 0 Å². The molecule has 0 aliphatic carbocycles. The number of hydrogen-bond donors (Lipinski definition) is 0. The van der Waals surface area contributed by atoms with E-state index in [-0.39, 0.29) is 10.8 Å². The predicted octanol–water partition coefficient (Wildman–Crippen LogP) is 19.9. The van der Waals surface area contributed by atoms with Gasteiger partial charge in [-0.15, -0.1) is 74.6 Å². The first-order valence-corrected chi connectivity index (χ1v) is 34.0. The van der Waals surface area contributed by atoms with Crippen molar-refractivity contribution in [1.29, 1.82) is 0 Å². The average Bonchev–Trinajstić information content (AvgIpc) is 4.05. The molecule has 0 spiro atoms. The molecule has 4 heteroatoms. The van der Waals surface area contributed by atoms with Crippen LogP contribution in [0.3, 0.4) is 0 Å². The normalized spacial score (nSPS) is 12.1. The molecule has 0 amide bonds. The molecule has 1 heterocycles. The van der Waals surface area contributed by atoms with Crippen LogP contribution in [0.15, 0.2) is 127 Å². The van der Waals surface area contributed by atoms with Crippen molar-refractivity contribution in [2.75, 3.05) is 0 Å². The summed E-state index contributed by atoms with van der Waals surface area (Å²) in [6.45, 7) is 37.0. The smallest absolute Gasteiger partial charge is 0.0920 e. The standard InChI is InChI=1S/2C28H37.C12H7Si.2ClH.Zr/c2*1-9-10-20-13-21-11-12-26(28(6,7)8)27(25(21)14-20)24-16-22(18(2)3)15-23(17-24)19(4)5;1-3-7-11-9(5-1)10-6-2-4-8-12(10)13-11;;;/h2*11-19H,9-10H2,1-8H3;1-7H;2*1H;/q3*-1;;;+2/p-2. The quantitative estimate of drug-likeness (QED) is 0.0946. The van der Waals surface area contributed by atoms with Crippen molar-refractivity contribution in [2.45, 2.75) is 171 Å². The van der Waals surface area contributed by atoms with Crippen LogP contribution in [0, 0.1) is 6.07 Å². The first-order chi connectivity index (χ1) is 34.1. The number of fused-ring (bicyclic) bond motifs is 5. The Kier molecular flexibility index (Phi) is 20.1. The van der Waals surface area contributed by atoms with Gasteiger partial charge < -0.3 is 0 Å². The van der Waals surface area contributed by atoms with Crippen LogP contribution in [0.1, 0.15) is 192 Å². The summed E-state index contributed by atoms with van der Waals surface area (Å²) >= 11 is -0.826. The van der Waals surface area contributed by atoms with Crippen molar-refractivity contribution in [1.82, 2.24) is 0 Å². The number of rotatable bonds is 10. The van der Waals surface area contributed by atoms with Crippen LogP contribution < -0.4 is 10.4 Å². The van der Waals surface area contributed by atoms with Gasteiger partial charge in [0.25, 0.3) is 0 Å². The van der Waals surface area contributed by atoms with Crippen LogP contribution in [0.2, 0.25) is 0 Å². The second-order valence-corrected chi connectivity index (χ2v) is 28.3. The molecule has 72 heavy (non-hydrogen) atoms. The molecule has 1 aliphatic heterocycles. The molecule has 0 nitrogen and oxygen atoms in total. The van der Waals surface area contributed by atoms with Crippen molar-refractivity contribution in [2.24, 2.45) is 0 Å². The van der Waals surface area contributed by atoms with Gasteiger partial charge in [-0.05, 0) is 80.7 Å². The Morgan fingerprint density at radius 1 is 0.514 bits per heavy atom. The SMILES string of the molecule is CCCc1cc2c(-c3cc(C(C)C)cc(C(C)C)c3)c(C(C)(C)C)ccc2[cH-]1.CCCc1cc2c(-c3cc(C(C)C)cc(C(C)C)c3)c(C(C)(C)C)ccc2[cH-]1.[Cl][Zr][Cl].[c-]1cccc2c1[Si]c1ccccc1-2. The fourth-order valence-electron chi connectivity index (χ4n) is 10.1. The number of hydrogen-bond acceptors (Lipinski definition) is 0. The van der Waals surface area contributed by atoms with Gasteiger partial charge in [0.2, 0.25) is 0 Å². The van der Waals surface area contributed by atoms with E-state index in [1.54, 1.807) is 0 Å². The van der Waals surface area contributed by atoms with Gasteiger partial charge in [0, 0.05) is 0 Å². The van der Waals surface area contributed by atoms with Crippen molar-refractivity contribution >= 4 is 58.5 Å². The van der Waals surface area contributed by atoms with Crippen LogP contribution in [0.4, 0.5) is 0 Å². The molecule has 1 aliphatic rings. The third-order valence-corrected chi connectivity index (χ3v) is 15.5. The first-order valence-electron chi connectivity index (χ1n) is 26.7. The molecule has 0 saturated carbocycles. The molecule has 0 unspecified atom stereocenters. The average molecular weight is 1090 g/mol. The van der Waals surface area contributed by atoms with Gasteiger partial charge in [-0.25, -0.2) is 0 Å². The van der Waals surface area contributed by atoms with Crippen LogP contribution in [0.25, 0.3) is 54.9 Å². The monoisotopic (exact) mass is 1090 g/mol. The third-order valence-electron chi connectivity index (χ3n) is 14.1. The molecule has 378 valence electrons. The maximum Gasteiger partial charge on any atom is 0.0920 e. The zero-order chi connectivity index (χ0) is 52.7. The molecule has 0 bridgehead atoms. The van der Waals surface area contributed by atoms with E-state index in [1.165, 1.54) is 123 Å². The van der Waals surface area contributed by atoms with Gasteiger partial charge in [0.15, 0.2) is 0 Å². The zero-order valence-electron chi connectivity index (χ0n) is 46.5. The molecule has 0 N–H and O–H groups in total. The Morgan fingerprint density at radius 3 is 1.28 bits per heavy atom. The topological polar surface area (TPSA) is 0 Å². The number of halogens is 2. The summed E-state index contributed by atoms with van der Waals surface area (Å²) in [5.74, 6) is 2.13. The van der Waals surface area contributed by atoms with Crippen LogP contribution in [0.5, 0.6) is 0 Å². The zero-order valence-corrected chi connectivity index (χ0v) is 51.5. The molecule has 2 radical (unpaired) electrons. The van der Waals surface area contributed by atoms with E-state index in [4.69, 9.17) is 17.0 Å². The first kappa shape index (κ1) is 57.5. The Balaban J connectivity index is 0.000000181. The summed E-state index contributed by atoms with van der Waals surface area (Å²) in [5, 5.41) is 8.43. The van der Waals surface area contributed by atoms with Crippen molar-refractivity contribution in [3.63, 3.8) is 0 Å². The molecule has 0 saturated heterocycles. The fourth-order valence-corrected chi connectivity index (χ4v) is 11.4. The molecule has 0 aromatic heterocycles. The maximum absolute atomic E-state index is 4.93. The van der Waals surface area contributed by atoms with Crippen molar-refractivity contribution in [3.8, 4) is 33.4 Å². The van der Waals surface area contributed by atoms with Gasteiger partial charge in [0.05, 0.1) is 9.52 Å². The summed E-state index contributed by atoms with van der Waals surface area (Å²) in [6.07, 6.45) is 4.70. The Morgan fingerprint density at radius 2 is 0.903 bits per heavy atom. The van der Waals surface area contributed by atoms with Gasteiger partial charge in [-0.3, -0.25) is 0 Å². The van der Waals surface area contributed by atoms with Crippen LogP contribution in [-0.2, 0) is 44.5 Å².